The van der Waals surface area contributed by atoms with Crippen LogP contribution in [0.3, 0.4) is 0 Å². The van der Waals surface area contributed by atoms with Crippen molar-refractivity contribution in [2.75, 3.05) is 30.7 Å². The van der Waals surface area contributed by atoms with Crippen LogP contribution in [0.4, 0.5) is 11.4 Å². The maximum absolute atomic E-state index is 12.0. The fourth-order valence-electron chi connectivity index (χ4n) is 2.19. The van der Waals surface area contributed by atoms with Crippen molar-refractivity contribution >= 4 is 28.2 Å². The molecule has 3 N–H and O–H groups in total. The van der Waals surface area contributed by atoms with Crippen LogP contribution in [-0.4, -0.2) is 35.4 Å². The highest BCUT2D eigenvalue weighted by Crippen LogP contribution is 2.27. The number of nitrogens with two attached hydrogens (primary N) is 1. The van der Waals surface area contributed by atoms with Gasteiger partial charge in [0.1, 0.15) is 0 Å². The van der Waals surface area contributed by atoms with Crippen LogP contribution in [0.25, 0.3) is 10.9 Å². The predicted octanol–water partition coefficient (Wildman–Crippen LogP) is 2.10. The SMILES string of the molecule is CCN(CC)C(=O)CNc1ccc2ncccc2c1N. The van der Waals surface area contributed by atoms with Crippen LogP contribution < -0.4 is 11.1 Å². The van der Waals surface area contributed by atoms with Crippen LogP contribution in [0, 0.1) is 0 Å². The molecule has 1 amide bonds. The maximum atomic E-state index is 12.0. The molecule has 1 heterocycles. The van der Waals surface area contributed by atoms with Gasteiger partial charge in [-0.05, 0) is 38.1 Å². The molecule has 5 nitrogen and oxygen atoms in total. The Morgan fingerprint density at radius 2 is 2.05 bits per heavy atom. The van der Waals surface area contributed by atoms with Crippen LogP contribution in [-0.2, 0) is 4.79 Å². The minimum Gasteiger partial charge on any atom is -0.397 e. The Kier molecular flexibility index (Phi) is 4.40. The average Bonchev–Trinajstić information content (AvgIpc) is 2.48. The third-order valence-electron chi connectivity index (χ3n) is 3.37. The second-order valence-corrected chi connectivity index (χ2v) is 4.52. The zero-order valence-corrected chi connectivity index (χ0v) is 11.9. The highest BCUT2D eigenvalue weighted by atomic mass is 16.2. The largest absolute Gasteiger partial charge is 0.397 e. The molecule has 0 spiro atoms. The molecule has 0 saturated carbocycles. The van der Waals surface area contributed by atoms with Gasteiger partial charge in [0.2, 0.25) is 5.91 Å². The minimum atomic E-state index is 0.0701. The summed E-state index contributed by atoms with van der Waals surface area (Å²) in [6.07, 6.45) is 1.73. The summed E-state index contributed by atoms with van der Waals surface area (Å²) in [6.45, 7) is 5.62. The fraction of sp³-hybridized carbons (Fsp3) is 0.333. The Hall–Kier alpha value is -2.30. The van der Waals surface area contributed by atoms with E-state index in [-0.39, 0.29) is 12.5 Å². The second-order valence-electron chi connectivity index (χ2n) is 4.52. The molecular weight excluding hydrogens is 252 g/mol. The van der Waals surface area contributed by atoms with Gasteiger partial charge in [-0.2, -0.15) is 0 Å². The number of nitrogen functional groups attached to an aromatic ring is 1. The maximum Gasteiger partial charge on any atom is 0.241 e. The lowest BCUT2D eigenvalue weighted by Gasteiger charge is -2.19. The number of aromatic nitrogens is 1. The highest BCUT2D eigenvalue weighted by Gasteiger charge is 2.10. The van der Waals surface area contributed by atoms with Crippen LogP contribution in [0.2, 0.25) is 0 Å². The summed E-state index contributed by atoms with van der Waals surface area (Å²) in [7, 11) is 0. The van der Waals surface area contributed by atoms with E-state index in [1.807, 2.05) is 38.1 Å². The van der Waals surface area contributed by atoms with Gasteiger partial charge in [-0.3, -0.25) is 9.78 Å². The average molecular weight is 272 g/mol. The van der Waals surface area contributed by atoms with E-state index in [0.717, 1.165) is 16.6 Å². The van der Waals surface area contributed by atoms with Crippen LogP contribution in [0.5, 0.6) is 0 Å². The third-order valence-corrected chi connectivity index (χ3v) is 3.37. The Balaban J connectivity index is 2.14. The van der Waals surface area contributed by atoms with E-state index in [2.05, 4.69) is 10.3 Å². The van der Waals surface area contributed by atoms with Crippen molar-refractivity contribution in [1.29, 1.82) is 0 Å². The fourth-order valence-corrected chi connectivity index (χ4v) is 2.19. The highest BCUT2D eigenvalue weighted by molar-refractivity contribution is 5.97. The van der Waals surface area contributed by atoms with Gasteiger partial charge >= 0.3 is 0 Å². The zero-order valence-electron chi connectivity index (χ0n) is 11.9. The smallest absolute Gasteiger partial charge is 0.241 e. The Morgan fingerprint density at radius 3 is 2.75 bits per heavy atom. The van der Waals surface area contributed by atoms with Gasteiger partial charge in [-0.1, -0.05) is 0 Å². The Morgan fingerprint density at radius 1 is 1.30 bits per heavy atom. The molecule has 0 unspecified atom stereocenters. The molecule has 0 aliphatic heterocycles. The number of fused-ring (bicyclic) bond motifs is 1. The number of rotatable bonds is 5. The third kappa shape index (κ3) is 2.82. The molecule has 2 rings (SSSR count). The van der Waals surface area contributed by atoms with Crippen molar-refractivity contribution < 1.29 is 4.79 Å². The molecule has 5 heteroatoms. The second kappa shape index (κ2) is 6.23. The van der Waals surface area contributed by atoms with Gasteiger partial charge in [-0.25, -0.2) is 0 Å². The predicted molar refractivity (Wildman–Crippen MR) is 82.6 cm³/mol. The van der Waals surface area contributed by atoms with Crippen LogP contribution in [0.15, 0.2) is 30.5 Å². The van der Waals surface area contributed by atoms with Crippen molar-refractivity contribution in [1.82, 2.24) is 9.88 Å². The monoisotopic (exact) mass is 272 g/mol. The molecule has 0 aliphatic rings. The lowest BCUT2D eigenvalue weighted by molar-refractivity contribution is -0.128. The summed E-state index contributed by atoms with van der Waals surface area (Å²) in [4.78, 5) is 18.0. The van der Waals surface area contributed by atoms with Crippen molar-refractivity contribution in [3.63, 3.8) is 0 Å². The number of amides is 1. The molecule has 0 saturated heterocycles. The summed E-state index contributed by atoms with van der Waals surface area (Å²) < 4.78 is 0. The quantitative estimate of drug-likeness (QED) is 0.818. The normalized spacial score (nSPS) is 10.5. The van der Waals surface area contributed by atoms with Crippen molar-refractivity contribution in [3.05, 3.63) is 30.5 Å². The first-order valence-corrected chi connectivity index (χ1v) is 6.82. The molecule has 1 aromatic carbocycles. The lowest BCUT2D eigenvalue weighted by atomic mass is 10.1. The number of nitrogens with one attached hydrogen (secondary N) is 1. The van der Waals surface area contributed by atoms with Crippen molar-refractivity contribution in [2.24, 2.45) is 0 Å². The molecule has 106 valence electrons. The van der Waals surface area contributed by atoms with E-state index in [4.69, 9.17) is 5.73 Å². The Labute approximate surface area is 118 Å². The van der Waals surface area contributed by atoms with Gasteiger partial charge in [0.05, 0.1) is 23.4 Å². The van der Waals surface area contributed by atoms with Gasteiger partial charge < -0.3 is 16.0 Å². The topological polar surface area (TPSA) is 71.2 Å². The standard InChI is InChI=1S/C15H20N4O/c1-3-19(4-2)14(20)10-18-13-8-7-12-11(15(13)16)6-5-9-17-12/h5-9,18H,3-4,10,16H2,1-2H3. The summed E-state index contributed by atoms with van der Waals surface area (Å²) in [5.41, 5.74) is 8.37. The molecule has 0 atom stereocenters. The first-order valence-electron chi connectivity index (χ1n) is 6.82. The van der Waals surface area contributed by atoms with E-state index in [9.17, 15) is 4.79 Å². The lowest BCUT2D eigenvalue weighted by Crippen LogP contribution is -2.35. The van der Waals surface area contributed by atoms with Gasteiger partial charge in [0.25, 0.3) is 0 Å². The number of carbonyl (C=O) groups excluding carboxylic acids is 1. The van der Waals surface area contributed by atoms with E-state index in [0.29, 0.717) is 18.8 Å². The Bertz CT molecular complexity index is 608. The molecule has 2 aromatic rings. The van der Waals surface area contributed by atoms with E-state index >= 15 is 0 Å². The van der Waals surface area contributed by atoms with Gasteiger partial charge in [0, 0.05) is 24.7 Å². The van der Waals surface area contributed by atoms with Gasteiger partial charge in [-0.15, -0.1) is 0 Å². The molecule has 20 heavy (non-hydrogen) atoms. The van der Waals surface area contributed by atoms with Crippen molar-refractivity contribution in [3.8, 4) is 0 Å². The summed E-state index contributed by atoms with van der Waals surface area (Å²) in [5, 5.41) is 4.01. The zero-order chi connectivity index (χ0) is 14.5. The van der Waals surface area contributed by atoms with Gasteiger partial charge in [0.15, 0.2) is 0 Å². The molecule has 0 aliphatic carbocycles. The first-order chi connectivity index (χ1) is 9.67. The number of pyridine rings is 1. The summed E-state index contributed by atoms with van der Waals surface area (Å²) >= 11 is 0. The number of benzene rings is 1. The number of nitrogens with zero attached hydrogens (tertiary/aromatic N) is 2. The summed E-state index contributed by atoms with van der Waals surface area (Å²) in [5.74, 6) is 0.0701. The first kappa shape index (κ1) is 14.1. The van der Waals surface area contributed by atoms with Crippen LogP contribution in [0.1, 0.15) is 13.8 Å². The number of carbonyl (C=O) groups is 1. The molecule has 0 fully saturated rings. The van der Waals surface area contributed by atoms with E-state index in [1.165, 1.54) is 0 Å². The summed E-state index contributed by atoms with van der Waals surface area (Å²) in [6, 6.07) is 7.54. The number of anilines is 2. The molecular formula is C15H20N4O. The molecule has 0 radical (unpaired) electrons. The minimum absolute atomic E-state index is 0.0701. The number of likely N-dealkylation sites (N-methyl/N-ethyl adjacent to an activating group) is 1. The molecule has 0 bridgehead atoms. The number of hydrogen-bond donors (Lipinski definition) is 2. The van der Waals surface area contributed by atoms with Crippen molar-refractivity contribution in [2.45, 2.75) is 13.8 Å². The number of hydrogen-bond acceptors (Lipinski definition) is 4. The van der Waals surface area contributed by atoms with Crippen LogP contribution >= 0.6 is 0 Å². The van der Waals surface area contributed by atoms with E-state index in [1.54, 1.807) is 11.1 Å². The molecule has 1 aromatic heterocycles. The van der Waals surface area contributed by atoms with E-state index < -0.39 is 0 Å².